The fraction of sp³-hybridized carbons (Fsp3) is 0.510. The molecule has 1 aromatic heterocycles. The van der Waals surface area contributed by atoms with Crippen molar-refractivity contribution in [2.24, 2.45) is 38.7 Å². The lowest BCUT2D eigenvalue weighted by atomic mass is 10.0. The quantitative estimate of drug-likeness (QED) is 0.0212. The smallest absolute Gasteiger partial charge is 0.243 e. The Kier molecular flexibility index (Phi) is 25.8. The number of aliphatic hydroxyl groups is 1. The summed E-state index contributed by atoms with van der Waals surface area (Å²) in [6.45, 7) is 2.83. The number of nitrogens with two attached hydrogens (primary N) is 5. The minimum Gasteiger partial charge on any atom is -0.376 e. The van der Waals surface area contributed by atoms with Crippen LogP contribution in [0, 0.1) is 0 Å². The first-order valence-corrected chi connectivity index (χ1v) is 25.9. The Labute approximate surface area is 452 Å². The summed E-state index contributed by atoms with van der Waals surface area (Å²) in [5.74, 6) is -7.01. The number of benzene rings is 2. The molecule has 78 heavy (non-hydrogen) atoms. The number of aromatic amines is 1. The van der Waals surface area contributed by atoms with Crippen molar-refractivity contribution in [1.82, 2.24) is 52.8 Å². The molecule has 0 bridgehead atoms. The fourth-order valence-electron chi connectivity index (χ4n) is 8.65. The third-order valence-corrected chi connectivity index (χ3v) is 12.6. The maximum atomic E-state index is 14.7. The highest BCUT2D eigenvalue weighted by Crippen LogP contribution is 2.20. The number of aliphatic imine (C=N–C) groups is 2. The molecule has 426 valence electrons. The Morgan fingerprint density at radius 2 is 1.26 bits per heavy atom. The van der Waals surface area contributed by atoms with Gasteiger partial charge in [0.2, 0.25) is 53.2 Å². The van der Waals surface area contributed by atoms with Gasteiger partial charge in [-0.2, -0.15) is 0 Å². The highest BCUT2D eigenvalue weighted by atomic mass is 16.3. The molecule has 0 radical (unpaired) electrons. The van der Waals surface area contributed by atoms with E-state index in [0.717, 1.165) is 10.9 Å². The number of rotatable bonds is 21. The number of carbonyl (C=O) groups is 9. The molecule has 0 spiro atoms. The van der Waals surface area contributed by atoms with Crippen LogP contribution in [0.15, 0.2) is 70.8 Å². The van der Waals surface area contributed by atoms with Crippen LogP contribution in [0.4, 0.5) is 0 Å². The second-order valence-electron chi connectivity index (χ2n) is 19.0. The number of aliphatic hydroxyl groups excluding tert-OH is 1. The van der Waals surface area contributed by atoms with Gasteiger partial charge >= 0.3 is 0 Å². The number of carbonyl (C=O) groups excluding carboxylic acids is 9. The summed E-state index contributed by atoms with van der Waals surface area (Å²) in [5, 5.41) is 36.6. The van der Waals surface area contributed by atoms with Crippen LogP contribution >= 0.6 is 0 Å². The van der Waals surface area contributed by atoms with Crippen LogP contribution in [0.1, 0.15) is 89.2 Å². The Bertz CT molecular complexity index is 2570. The first-order valence-electron chi connectivity index (χ1n) is 25.9. The third kappa shape index (κ3) is 22.1. The van der Waals surface area contributed by atoms with Crippen LogP contribution in [-0.4, -0.2) is 150 Å². The minimum atomic E-state index is -1.65. The minimum absolute atomic E-state index is 0.0217. The van der Waals surface area contributed by atoms with E-state index in [0.29, 0.717) is 11.1 Å². The number of hydrogen-bond donors (Lipinski definition) is 16. The molecule has 1 fully saturated rings. The fourth-order valence-corrected chi connectivity index (χ4v) is 8.65. The Morgan fingerprint density at radius 3 is 1.90 bits per heavy atom. The topological polar surface area (TPSA) is 453 Å². The molecule has 9 amide bonds. The summed E-state index contributed by atoms with van der Waals surface area (Å²) >= 11 is 0. The van der Waals surface area contributed by atoms with Crippen LogP contribution in [-0.2, 0) is 56.0 Å². The van der Waals surface area contributed by atoms with E-state index in [9.17, 15) is 48.3 Å². The molecule has 27 nitrogen and oxygen atoms in total. The van der Waals surface area contributed by atoms with Gasteiger partial charge in [-0.25, -0.2) is 0 Å². The molecule has 0 aliphatic carbocycles. The first-order chi connectivity index (χ1) is 37.2. The van der Waals surface area contributed by atoms with Crippen molar-refractivity contribution in [2.45, 2.75) is 139 Å². The second-order valence-corrected chi connectivity index (χ2v) is 19.0. The van der Waals surface area contributed by atoms with Crippen molar-refractivity contribution in [3.05, 3.63) is 71.9 Å². The van der Waals surface area contributed by atoms with Gasteiger partial charge < -0.3 is 81.3 Å². The van der Waals surface area contributed by atoms with E-state index < -0.39 is 102 Å². The lowest BCUT2D eigenvalue weighted by Gasteiger charge is -2.30. The maximum Gasteiger partial charge on any atom is 0.243 e. The molecule has 8 atom stereocenters. The van der Waals surface area contributed by atoms with Crippen molar-refractivity contribution in [1.29, 1.82) is 0 Å². The molecule has 2 aromatic carbocycles. The number of amides is 9. The summed E-state index contributed by atoms with van der Waals surface area (Å²) in [7, 11) is 0. The van der Waals surface area contributed by atoms with E-state index in [-0.39, 0.29) is 115 Å². The number of para-hydroxylation sites is 1. The van der Waals surface area contributed by atoms with Crippen molar-refractivity contribution in [3.63, 3.8) is 0 Å². The SMILES string of the molecule is CC(=O)NCCC[C@@H]1NC(=O)[C@@H](NC(O)[C@H](CCCN=C(N)N)NC(C)=O)CC(=O)NCCCC[C@@H](C(N)=O)NC(=O)[C@H](Cc2c[nH]c3ccccc23)NC(=O)[C@H](CCCN=C(N)N)NC(=O)[C@@H](Cc2ccccc2)NC1=O. The molecule has 27 heteroatoms. The predicted molar refractivity (Wildman–Crippen MR) is 291 cm³/mol. The monoisotopic (exact) mass is 1090 g/mol. The number of fused-ring (bicyclic) bond motifs is 1. The van der Waals surface area contributed by atoms with Gasteiger partial charge in [-0.05, 0) is 75.0 Å². The Balaban J connectivity index is 1.80. The lowest BCUT2D eigenvalue weighted by molar-refractivity contribution is -0.135. The molecule has 2 heterocycles. The van der Waals surface area contributed by atoms with Gasteiger partial charge in [0.05, 0.1) is 18.5 Å². The van der Waals surface area contributed by atoms with E-state index in [4.69, 9.17) is 28.7 Å². The second kappa shape index (κ2) is 32.3. The predicted octanol–water partition coefficient (Wildman–Crippen LogP) is -3.64. The number of H-pyrrole nitrogens is 1. The molecule has 21 N–H and O–H groups in total. The van der Waals surface area contributed by atoms with Gasteiger partial charge in [0.25, 0.3) is 0 Å². The maximum absolute atomic E-state index is 14.7. The lowest BCUT2D eigenvalue weighted by Crippen LogP contribution is -2.61. The van der Waals surface area contributed by atoms with Crippen LogP contribution in [0.3, 0.4) is 0 Å². The molecule has 1 aliphatic heterocycles. The van der Waals surface area contributed by atoms with Gasteiger partial charge in [0, 0.05) is 70.0 Å². The zero-order valence-electron chi connectivity index (χ0n) is 44.1. The number of aromatic nitrogens is 1. The largest absolute Gasteiger partial charge is 0.376 e. The summed E-state index contributed by atoms with van der Waals surface area (Å²) < 4.78 is 0. The van der Waals surface area contributed by atoms with Crippen LogP contribution in [0.5, 0.6) is 0 Å². The van der Waals surface area contributed by atoms with Crippen molar-refractivity contribution >= 4 is 76.0 Å². The summed E-state index contributed by atoms with van der Waals surface area (Å²) in [4.78, 5) is 135. The Morgan fingerprint density at radius 1 is 0.679 bits per heavy atom. The van der Waals surface area contributed by atoms with Crippen LogP contribution < -0.4 is 76.5 Å². The molecule has 0 saturated carbocycles. The molecular formula is C51H77N17O10. The van der Waals surface area contributed by atoms with Crippen LogP contribution in [0.2, 0.25) is 0 Å². The van der Waals surface area contributed by atoms with Crippen LogP contribution in [0.25, 0.3) is 10.9 Å². The number of nitrogens with zero attached hydrogens (tertiary/aromatic N) is 2. The van der Waals surface area contributed by atoms with Gasteiger partial charge in [-0.3, -0.25) is 58.5 Å². The van der Waals surface area contributed by atoms with Crippen molar-refractivity contribution in [2.75, 3.05) is 26.2 Å². The van der Waals surface area contributed by atoms with Gasteiger partial charge in [0.15, 0.2) is 11.9 Å². The summed E-state index contributed by atoms with van der Waals surface area (Å²) in [5.41, 5.74) is 29.9. The summed E-state index contributed by atoms with van der Waals surface area (Å²) in [6, 6.07) is 6.54. The number of guanidine groups is 2. The average molecular weight is 1090 g/mol. The molecular weight excluding hydrogens is 1010 g/mol. The van der Waals surface area contributed by atoms with E-state index >= 15 is 0 Å². The molecule has 1 aliphatic rings. The van der Waals surface area contributed by atoms with Crippen molar-refractivity contribution < 1.29 is 48.3 Å². The zero-order valence-corrected chi connectivity index (χ0v) is 44.1. The first kappa shape index (κ1) is 62.2. The van der Waals surface area contributed by atoms with Gasteiger partial charge in [0.1, 0.15) is 36.4 Å². The number of nitrogens with one attached hydrogen (secondary N) is 10. The van der Waals surface area contributed by atoms with E-state index in [1.807, 2.05) is 24.3 Å². The van der Waals surface area contributed by atoms with E-state index in [1.165, 1.54) is 13.8 Å². The third-order valence-electron chi connectivity index (χ3n) is 12.6. The molecule has 1 unspecified atom stereocenters. The van der Waals surface area contributed by atoms with Gasteiger partial charge in [-0.15, -0.1) is 0 Å². The van der Waals surface area contributed by atoms with Gasteiger partial charge in [-0.1, -0.05) is 48.5 Å². The standard InChI is InChI=1S/C51H77N17O10/c1-29(69)57-22-10-19-37-45(74)66-39(25-31-13-4-3-5-14-31)47(76)64-38(20-12-24-60-51(55)56)46(75)67-40(26-32-28-61-34-16-7-6-15-33(32)34)48(77)63-35(43(52)72)17-8-9-21-58-42(71)27-41(49(78)65-37)68-44(73)36(62-30(2)70)18-11-23-59-50(53)54/h3-7,13-16,28,35-41,44,61,68,73H,8-12,17-27H2,1-2H3,(H2,52,72)(H,57,69)(H,58,71)(H,62,70)(H,63,77)(H,64,76)(H,65,78)(H,66,74)(H,67,75)(H4,53,54,59)(H4,55,56,60)/t35-,36-,37-,38-,39+,40-,41-,44?/m0/s1. The van der Waals surface area contributed by atoms with E-state index in [2.05, 4.69) is 62.8 Å². The highest BCUT2D eigenvalue weighted by Gasteiger charge is 2.35. The summed E-state index contributed by atoms with van der Waals surface area (Å²) in [6.07, 6.45) is 0.261. The van der Waals surface area contributed by atoms with E-state index in [1.54, 1.807) is 36.5 Å². The zero-order chi connectivity index (χ0) is 57.1. The number of hydrogen-bond acceptors (Lipinski definition) is 13. The highest BCUT2D eigenvalue weighted by molar-refractivity contribution is 5.97. The molecule has 1 saturated heterocycles. The molecule has 3 aromatic rings. The normalized spacial score (nSPS) is 21.2. The molecule has 4 rings (SSSR count). The number of primary amides is 1. The van der Waals surface area contributed by atoms with Crippen molar-refractivity contribution in [3.8, 4) is 0 Å². The average Bonchev–Trinajstić information content (AvgIpc) is 3.81. The Hall–Kier alpha value is -8.33.